The monoisotopic (exact) mass is 310 g/mol. The summed E-state index contributed by atoms with van der Waals surface area (Å²) in [5.74, 6) is -0.134. The van der Waals surface area contributed by atoms with Crippen LogP contribution in [0.2, 0.25) is 0 Å². The molecule has 1 amide bonds. The van der Waals surface area contributed by atoms with Gasteiger partial charge in [-0.1, -0.05) is 25.3 Å². The Bertz CT molecular complexity index is 593. The van der Waals surface area contributed by atoms with Crippen molar-refractivity contribution in [1.29, 1.82) is 0 Å². The fraction of sp³-hybridized carbons (Fsp3) is 0.533. The Morgan fingerprint density at radius 2 is 1.95 bits per heavy atom. The largest absolute Gasteiger partial charge is 0.349 e. The number of hydrogen-bond donors (Lipinski definition) is 2. The van der Waals surface area contributed by atoms with Crippen LogP contribution in [0.4, 0.5) is 5.69 Å². The average molecular weight is 310 g/mol. The first-order valence-electron chi connectivity index (χ1n) is 7.41. The van der Waals surface area contributed by atoms with Gasteiger partial charge in [-0.25, -0.2) is 8.42 Å². The second-order valence-electron chi connectivity index (χ2n) is 5.39. The quantitative estimate of drug-likeness (QED) is 0.877. The number of carbonyl (C=O) groups excluding carboxylic acids is 1. The zero-order chi connectivity index (χ0) is 15.3. The molecular formula is C15H22N2O3S. The van der Waals surface area contributed by atoms with Crippen molar-refractivity contribution in [2.75, 3.05) is 10.5 Å². The number of benzene rings is 1. The second kappa shape index (κ2) is 6.93. The molecule has 0 aliphatic heterocycles. The molecule has 2 rings (SSSR count). The van der Waals surface area contributed by atoms with E-state index >= 15 is 0 Å². The first-order chi connectivity index (χ1) is 10.00. The lowest BCUT2D eigenvalue weighted by atomic mass is 9.95. The normalized spacial score (nSPS) is 16.4. The Morgan fingerprint density at radius 3 is 2.62 bits per heavy atom. The summed E-state index contributed by atoms with van der Waals surface area (Å²) in [6, 6.07) is 6.84. The maximum absolute atomic E-state index is 12.2. The molecular weight excluding hydrogens is 288 g/mol. The first kappa shape index (κ1) is 15.8. The summed E-state index contributed by atoms with van der Waals surface area (Å²) >= 11 is 0. The maximum Gasteiger partial charge on any atom is 0.251 e. The van der Waals surface area contributed by atoms with E-state index in [0.29, 0.717) is 11.3 Å². The van der Waals surface area contributed by atoms with Crippen molar-refractivity contribution in [1.82, 2.24) is 5.32 Å². The van der Waals surface area contributed by atoms with Gasteiger partial charge in [-0.05, 0) is 38.0 Å². The van der Waals surface area contributed by atoms with Gasteiger partial charge in [0.1, 0.15) is 0 Å². The number of sulfonamides is 1. The third-order valence-corrected chi connectivity index (χ3v) is 5.03. The minimum absolute atomic E-state index is 0.00545. The summed E-state index contributed by atoms with van der Waals surface area (Å²) in [4.78, 5) is 12.2. The molecule has 6 heteroatoms. The second-order valence-corrected chi connectivity index (χ2v) is 7.41. The molecule has 1 aromatic carbocycles. The highest BCUT2D eigenvalue weighted by Crippen LogP contribution is 2.18. The van der Waals surface area contributed by atoms with Gasteiger partial charge in [0, 0.05) is 17.3 Å². The molecule has 0 radical (unpaired) electrons. The first-order valence-corrected chi connectivity index (χ1v) is 9.07. The summed E-state index contributed by atoms with van der Waals surface area (Å²) < 4.78 is 25.6. The SMILES string of the molecule is CCS(=O)(=O)Nc1cccc(C(=O)NC2CCCCC2)c1. The topological polar surface area (TPSA) is 75.3 Å². The highest BCUT2D eigenvalue weighted by molar-refractivity contribution is 7.92. The van der Waals surface area contributed by atoms with E-state index in [0.717, 1.165) is 25.7 Å². The van der Waals surface area contributed by atoms with Crippen LogP contribution in [0.3, 0.4) is 0 Å². The van der Waals surface area contributed by atoms with Gasteiger partial charge < -0.3 is 5.32 Å². The summed E-state index contributed by atoms with van der Waals surface area (Å²) in [6.45, 7) is 1.57. The Hall–Kier alpha value is -1.56. The molecule has 1 aliphatic rings. The van der Waals surface area contributed by atoms with E-state index in [1.54, 1.807) is 31.2 Å². The zero-order valence-corrected chi connectivity index (χ0v) is 13.1. The minimum atomic E-state index is -3.32. The van der Waals surface area contributed by atoms with Crippen molar-refractivity contribution in [2.24, 2.45) is 0 Å². The van der Waals surface area contributed by atoms with Crippen LogP contribution >= 0.6 is 0 Å². The van der Waals surface area contributed by atoms with Crippen molar-refractivity contribution in [3.8, 4) is 0 Å². The van der Waals surface area contributed by atoms with E-state index in [1.165, 1.54) is 6.42 Å². The van der Waals surface area contributed by atoms with E-state index in [4.69, 9.17) is 0 Å². The van der Waals surface area contributed by atoms with Gasteiger partial charge in [-0.2, -0.15) is 0 Å². The number of amides is 1. The van der Waals surface area contributed by atoms with Crippen molar-refractivity contribution >= 4 is 21.6 Å². The van der Waals surface area contributed by atoms with Gasteiger partial charge in [-0.3, -0.25) is 9.52 Å². The molecule has 0 spiro atoms. The standard InChI is InChI=1S/C15H22N2O3S/c1-2-21(19,20)17-14-10-6-7-12(11-14)15(18)16-13-8-4-3-5-9-13/h6-7,10-11,13,17H,2-5,8-9H2,1H3,(H,16,18). The van der Waals surface area contributed by atoms with Crippen LogP contribution in [0.5, 0.6) is 0 Å². The third kappa shape index (κ3) is 4.74. The van der Waals surface area contributed by atoms with Crippen LogP contribution in [0.15, 0.2) is 24.3 Å². The summed E-state index contributed by atoms with van der Waals surface area (Å²) in [6.07, 6.45) is 5.59. The van der Waals surface area contributed by atoms with Gasteiger partial charge in [0.05, 0.1) is 5.75 Å². The van der Waals surface area contributed by atoms with Crippen molar-refractivity contribution in [2.45, 2.75) is 45.1 Å². The van der Waals surface area contributed by atoms with Crippen LogP contribution in [0, 0.1) is 0 Å². The zero-order valence-electron chi connectivity index (χ0n) is 12.3. The highest BCUT2D eigenvalue weighted by atomic mass is 32.2. The number of rotatable bonds is 5. The average Bonchev–Trinajstić information content (AvgIpc) is 2.48. The van der Waals surface area contributed by atoms with E-state index in [-0.39, 0.29) is 17.7 Å². The Balaban J connectivity index is 2.04. The van der Waals surface area contributed by atoms with E-state index in [2.05, 4.69) is 10.0 Å². The fourth-order valence-electron chi connectivity index (χ4n) is 2.49. The summed E-state index contributed by atoms with van der Waals surface area (Å²) in [7, 11) is -3.32. The number of carbonyl (C=O) groups is 1. The lowest BCUT2D eigenvalue weighted by Crippen LogP contribution is -2.36. The highest BCUT2D eigenvalue weighted by Gasteiger charge is 2.17. The molecule has 1 fully saturated rings. The number of hydrogen-bond acceptors (Lipinski definition) is 3. The third-order valence-electron chi connectivity index (χ3n) is 3.72. The molecule has 1 saturated carbocycles. The molecule has 0 heterocycles. The predicted octanol–water partition coefficient (Wildman–Crippen LogP) is 2.51. The smallest absolute Gasteiger partial charge is 0.251 e. The van der Waals surface area contributed by atoms with Crippen molar-refractivity contribution in [3.63, 3.8) is 0 Å². The fourth-order valence-corrected chi connectivity index (χ4v) is 3.12. The molecule has 2 N–H and O–H groups in total. The predicted molar refractivity (Wildman–Crippen MR) is 83.9 cm³/mol. The molecule has 0 saturated heterocycles. The van der Waals surface area contributed by atoms with E-state index < -0.39 is 10.0 Å². The Kier molecular flexibility index (Phi) is 5.22. The number of nitrogens with one attached hydrogen (secondary N) is 2. The molecule has 116 valence electrons. The van der Waals surface area contributed by atoms with Crippen molar-refractivity contribution < 1.29 is 13.2 Å². The van der Waals surface area contributed by atoms with Crippen LogP contribution < -0.4 is 10.0 Å². The van der Waals surface area contributed by atoms with Crippen LogP contribution in [-0.2, 0) is 10.0 Å². The Labute approximate surface area is 126 Å². The molecule has 1 aliphatic carbocycles. The minimum Gasteiger partial charge on any atom is -0.349 e. The molecule has 0 aromatic heterocycles. The van der Waals surface area contributed by atoms with Gasteiger partial charge in [0.15, 0.2) is 0 Å². The lowest BCUT2D eigenvalue weighted by Gasteiger charge is -2.22. The molecule has 0 unspecified atom stereocenters. The van der Waals surface area contributed by atoms with E-state index in [9.17, 15) is 13.2 Å². The van der Waals surface area contributed by atoms with Gasteiger partial charge in [-0.15, -0.1) is 0 Å². The molecule has 21 heavy (non-hydrogen) atoms. The number of anilines is 1. The van der Waals surface area contributed by atoms with E-state index in [1.807, 2.05) is 0 Å². The lowest BCUT2D eigenvalue weighted by molar-refractivity contribution is 0.0927. The van der Waals surface area contributed by atoms with Crippen LogP contribution in [0.1, 0.15) is 49.4 Å². The summed E-state index contributed by atoms with van der Waals surface area (Å²) in [5.41, 5.74) is 0.907. The van der Waals surface area contributed by atoms with Crippen LogP contribution in [-0.4, -0.2) is 26.1 Å². The summed E-state index contributed by atoms with van der Waals surface area (Å²) in [5, 5.41) is 3.02. The molecule has 0 bridgehead atoms. The van der Waals surface area contributed by atoms with Gasteiger partial charge in [0.2, 0.25) is 10.0 Å². The molecule has 0 atom stereocenters. The van der Waals surface area contributed by atoms with Gasteiger partial charge >= 0.3 is 0 Å². The maximum atomic E-state index is 12.2. The van der Waals surface area contributed by atoms with Gasteiger partial charge in [0.25, 0.3) is 5.91 Å². The van der Waals surface area contributed by atoms with Crippen molar-refractivity contribution in [3.05, 3.63) is 29.8 Å². The Morgan fingerprint density at radius 1 is 1.24 bits per heavy atom. The molecule has 5 nitrogen and oxygen atoms in total. The van der Waals surface area contributed by atoms with Crippen LogP contribution in [0.25, 0.3) is 0 Å². The molecule has 1 aromatic rings.